The molecule has 2 rings (SSSR count). The van der Waals surface area contributed by atoms with Crippen molar-refractivity contribution in [2.75, 3.05) is 13.1 Å². The zero-order valence-corrected chi connectivity index (χ0v) is 11.8. The Morgan fingerprint density at radius 3 is 2.71 bits per heavy atom. The minimum absolute atomic E-state index is 0.775. The van der Waals surface area contributed by atoms with Crippen LogP contribution in [-0.2, 0) is 0 Å². The largest absolute Gasteiger partial charge is 0.313 e. The molecule has 2 heteroatoms. The van der Waals surface area contributed by atoms with E-state index in [1.54, 1.807) is 0 Å². The summed E-state index contributed by atoms with van der Waals surface area (Å²) in [5.74, 6) is 0. The van der Waals surface area contributed by atoms with Gasteiger partial charge in [0, 0.05) is 18.1 Å². The van der Waals surface area contributed by atoms with E-state index >= 15 is 0 Å². The van der Waals surface area contributed by atoms with E-state index in [4.69, 9.17) is 0 Å². The number of nitrogens with one attached hydrogen (secondary N) is 1. The van der Waals surface area contributed by atoms with Gasteiger partial charge in [-0.25, -0.2) is 0 Å². The number of hydrogen-bond donors (Lipinski definition) is 1. The fourth-order valence-corrected chi connectivity index (χ4v) is 3.94. The molecule has 3 atom stereocenters. The van der Waals surface area contributed by atoms with Crippen LogP contribution in [0.15, 0.2) is 0 Å². The molecule has 1 heterocycles. The van der Waals surface area contributed by atoms with Crippen LogP contribution in [0.4, 0.5) is 0 Å². The van der Waals surface area contributed by atoms with Gasteiger partial charge < -0.3 is 5.32 Å². The van der Waals surface area contributed by atoms with Crippen molar-refractivity contribution in [3.63, 3.8) is 0 Å². The van der Waals surface area contributed by atoms with Crippen molar-refractivity contribution < 1.29 is 0 Å². The molecule has 0 bridgehead atoms. The molecule has 1 aliphatic heterocycles. The molecule has 0 aromatic heterocycles. The van der Waals surface area contributed by atoms with Crippen LogP contribution >= 0.6 is 0 Å². The lowest BCUT2D eigenvalue weighted by Gasteiger charge is -2.42. The number of likely N-dealkylation sites (N-methyl/N-ethyl adjacent to an activating group) is 1. The number of nitrogens with zero attached hydrogens (tertiary/aromatic N) is 1. The summed E-state index contributed by atoms with van der Waals surface area (Å²) in [6.45, 7) is 7.07. The van der Waals surface area contributed by atoms with Crippen molar-refractivity contribution >= 4 is 0 Å². The van der Waals surface area contributed by atoms with Gasteiger partial charge in [-0.2, -0.15) is 0 Å². The number of rotatable bonds is 5. The third kappa shape index (κ3) is 3.23. The number of piperidine rings is 1. The third-order valence-corrected chi connectivity index (χ3v) is 4.67. The molecule has 1 saturated carbocycles. The van der Waals surface area contributed by atoms with Crippen LogP contribution in [0.1, 0.15) is 65.2 Å². The molecule has 2 aliphatic rings. The van der Waals surface area contributed by atoms with Crippen LogP contribution in [0.25, 0.3) is 0 Å². The van der Waals surface area contributed by atoms with Gasteiger partial charge in [0.05, 0.1) is 0 Å². The van der Waals surface area contributed by atoms with E-state index in [9.17, 15) is 0 Å². The summed E-state index contributed by atoms with van der Waals surface area (Å²) in [5, 5.41) is 3.71. The van der Waals surface area contributed by atoms with E-state index in [0.29, 0.717) is 0 Å². The van der Waals surface area contributed by atoms with E-state index in [1.807, 2.05) is 0 Å². The summed E-state index contributed by atoms with van der Waals surface area (Å²) in [6.07, 6.45) is 11.3. The Hall–Kier alpha value is -0.0800. The van der Waals surface area contributed by atoms with Crippen LogP contribution in [0.2, 0.25) is 0 Å². The first-order valence-electron chi connectivity index (χ1n) is 7.86. The van der Waals surface area contributed by atoms with Crippen LogP contribution in [0, 0.1) is 0 Å². The maximum absolute atomic E-state index is 3.71. The molecule has 0 aromatic rings. The van der Waals surface area contributed by atoms with E-state index in [0.717, 1.165) is 24.7 Å². The fraction of sp³-hybridized carbons (Fsp3) is 1.00. The molecular formula is C15H30N2. The van der Waals surface area contributed by atoms with Gasteiger partial charge in [-0.05, 0) is 45.2 Å². The lowest BCUT2D eigenvalue weighted by atomic mass is 9.94. The Bertz CT molecular complexity index is 215. The Morgan fingerprint density at radius 1 is 1.06 bits per heavy atom. The first-order valence-corrected chi connectivity index (χ1v) is 7.86. The highest BCUT2D eigenvalue weighted by Gasteiger charge is 2.35. The van der Waals surface area contributed by atoms with Crippen molar-refractivity contribution in [3.05, 3.63) is 0 Å². The van der Waals surface area contributed by atoms with Crippen molar-refractivity contribution in [2.24, 2.45) is 0 Å². The fourth-order valence-electron chi connectivity index (χ4n) is 3.94. The molecule has 2 fully saturated rings. The molecule has 17 heavy (non-hydrogen) atoms. The summed E-state index contributed by atoms with van der Waals surface area (Å²) < 4.78 is 0. The van der Waals surface area contributed by atoms with Crippen molar-refractivity contribution in [3.8, 4) is 0 Å². The van der Waals surface area contributed by atoms with Gasteiger partial charge >= 0.3 is 0 Å². The smallest absolute Gasteiger partial charge is 0.0252 e. The first kappa shape index (κ1) is 13.4. The van der Waals surface area contributed by atoms with Gasteiger partial charge in [0.2, 0.25) is 0 Å². The Morgan fingerprint density at radius 2 is 1.94 bits per heavy atom. The highest BCUT2D eigenvalue weighted by Crippen LogP contribution is 2.31. The predicted molar refractivity (Wildman–Crippen MR) is 74.4 cm³/mol. The van der Waals surface area contributed by atoms with E-state index in [1.165, 1.54) is 57.9 Å². The van der Waals surface area contributed by atoms with Gasteiger partial charge in [-0.3, -0.25) is 4.90 Å². The average Bonchev–Trinajstić information content (AvgIpc) is 2.79. The molecule has 3 unspecified atom stereocenters. The summed E-state index contributed by atoms with van der Waals surface area (Å²) in [5.41, 5.74) is 0. The minimum Gasteiger partial charge on any atom is -0.313 e. The van der Waals surface area contributed by atoms with E-state index < -0.39 is 0 Å². The third-order valence-electron chi connectivity index (χ3n) is 4.67. The lowest BCUT2D eigenvalue weighted by molar-refractivity contribution is 0.0769. The molecular weight excluding hydrogens is 208 g/mol. The first-order chi connectivity index (χ1) is 8.36. The van der Waals surface area contributed by atoms with Crippen LogP contribution in [0.5, 0.6) is 0 Å². The molecule has 2 nitrogen and oxygen atoms in total. The normalized spacial score (nSPS) is 35.3. The van der Waals surface area contributed by atoms with E-state index in [-0.39, 0.29) is 0 Å². The molecule has 100 valence electrons. The summed E-state index contributed by atoms with van der Waals surface area (Å²) in [4.78, 5) is 2.87. The van der Waals surface area contributed by atoms with Gasteiger partial charge in [-0.1, -0.05) is 33.1 Å². The van der Waals surface area contributed by atoms with Gasteiger partial charge in [0.15, 0.2) is 0 Å². The van der Waals surface area contributed by atoms with Crippen LogP contribution in [-0.4, -0.2) is 36.1 Å². The average molecular weight is 238 g/mol. The van der Waals surface area contributed by atoms with Gasteiger partial charge in [0.1, 0.15) is 0 Å². The molecule has 0 amide bonds. The second-order valence-corrected chi connectivity index (χ2v) is 5.84. The highest BCUT2D eigenvalue weighted by molar-refractivity contribution is 4.94. The van der Waals surface area contributed by atoms with Crippen LogP contribution < -0.4 is 5.32 Å². The van der Waals surface area contributed by atoms with Crippen molar-refractivity contribution in [1.29, 1.82) is 0 Å². The molecule has 0 aromatic carbocycles. The molecule has 0 radical (unpaired) electrons. The maximum atomic E-state index is 3.71. The van der Waals surface area contributed by atoms with E-state index in [2.05, 4.69) is 24.1 Å². The Labute approximate surface area is 107 Å². The van der Waals surface area contributed by atoms with Gasteiger partial charge in [0.25, 0.3) is 0 Å². The zero-order chi connectivity index (χ0) is 12.1. The highest BCUT2D eigenvalue weighted by atomic mass is 15.2. The molecule has 1 aliphatic carbocycles. The second kappa shape index (κ2) is 6.75. The topological polar surface area (TPSA) is 15.3 Å². The minimum atomic E-state index is 0.775. The summed E-state index contributed by atoms with van der Waals surface area (Å²) in [7, 11) is 0. The molecule has 0 spiro atoms. The number of likely N-dealkylation sites (tertiary alicyclic amines) is 1. The monoisotopic (exact) mass is 238 g/mol. The van der Waals surface area contributed by atoms with Gasteiger partial charge in [-0.15, -0.1) is 0 Å². The number of hydrogen-bond acceptors (Lipinski definition) is 2. The predicted octanol–water partition coefficient (Wildman–Crippen LogP) is 3.17. The second-order valence-electron chi connectivity index (χ2n) is 5.84. The molecule has 1 N–H and O–H groups in total. The quantitative estimate of drug-likeness (QED) is 0.791. The zero-order valence-electron chi connectivity index (χ0n) is 11.8. The standard InChI is InChI=1S/C15H30N2/c1-3-8-13-9-5-6-12-17(13)15-11-7-10-14(15)16-4-2/h13-16H,3-12H2,1-2H3. The van der Waals surface area contributed by atoms with Crippen LogP contribution in [0.3, 0.4) is 0 Å². The summed E-state index contributed by atoms with van der Waals surface area (Å²) in [6, 6.07) is 2.50. The SMILES string of the molecule is CCCC1CCCCN1C1CCCC1NCC. The lowest BCUT2D eigenvalue weighted by Crippen LogP contribution is -2.52. The van der Waals surface area contributed by atoms with Crippen molar-refractivity contribution in [2.45, 2.75) is 83.3 Å². The maximum Gasteiger partial charge on any atom is 0.0252 e. The van der Waals surface area contributed by atoms with Crippen molar-refractivity contribution in [1.82, 2.24) is 10.2 Å². The molecule has 1 saturated heterocycles. The summed E-state index contributed by atoms with van der Waals surface area (Å²) >= 11 is 0. The Balaban J connectivity index is 1.97. The Kier molecular flexibility index (Phi) is 5.30.